The number of carboxylic acids is 1. The van der Waals surface area contributed by atoms with Crippen molar-refractivity contribution in [2.45, 2.75) is 32.1 Å². The summed E-state index contributed by atoms with van der Waals surface area (Å²) < 4.78 is 0. The maximum absolute atomic E-state index is 12.2. The molecule has 2 aliphatic heterocycles. The summed E-state index contributed by atoms with van der Waals surface area (Å²) in [6.45, 7) is 1.35. The van der Waals surface area contributed by atoms with Crippen LogP contribution in [0.1, 0.15) is 31.2 Å². The van der Waals surface area contributed by atoms with Gasteiger partial charge in [0, 0.05) is 38.2 Å². The van der Waals surface area contributed by atoms with Gasteiger partial charge in [0.05, 0.1) is 5.92 Å². The van der Waals surface area contributed by atoms with E-state index in [2.05, 4.69) is 0 Å². The smallest absolute Gasteiger partial charge is 0.308 e. The first-order valence-corrected chi connectivity index (χ1v) is 8.45. The number of carboxylic acid groups (broad SMARTS) is 1. The van der Waals surface area contributed by atoms with Crippen LogP contribution >= 0.6 is 12.4 Å². The molecule has 2 heterocycles. The average Bonchev–Trinajstić information content (AvgIpc) is 3.07. The Labute approximate surface area is 153 Å². The highest BCUT2D eigenvalue weighted by Gasteiger charge is 2.30. The van der Waals surface area contributed by atoms with Gasteiger partial charge in [-0.2, -0.15) is 0 Å². The molecule has 7 heteroatoms. The maximum atomic E-state index is 12.2. The normalized spacial score (nSPS) is 19.4. The molecule has 0 aromatic heterocycles. The lowest BCUT2D eigenvalue weighted by Crippen LogP contribution is -2.36. The third-order valence-electron chi connectivity index (χ3n) is 4.85. The molecule has 6 nitrogen and oxygen atoms in total. The Hall–Kier alpha value is -2.08. The molecule has 1 fully saturated rings. The van der Waals surface area contributed by atoms with Crippen molar-refractivity contribution in [3.05, 3.63) is 29.8 Å². The Morgan fingerprint density at radius 1 is 1.20 bits per heavy atom. The van der Waals surface area contributed by atoms with E-state index in [-0.39, 0.29) is 24.2 Å². The van der Waals surface area contributed by atoms with Gasteiger partial charge in [0.2, 0.25) is 11.8 Å². The largest absolute Gasteiger partial charge is 0.481 e. The van der Waals surface area contributed by atoms with E-state index in [1.165, 1.54) is 5.56 Å². The zero-order valence-corrected chi connectivity index (χ0v) is 14.8. The van der Waals surface area contributed by atoms with E-state index in [1.54, 1.807) is 9.80 Å². The van der Waals surface area contributed by atoms with Crippen LogP contribution in [-0.2, 0) is 20.8 Å². The molecule has 0 bridgehead atoms. The average molecular weight is 367 g/mol. The Morgan fingerprint density at radius 2 is 1.96 bits per heavy atom. The van der Waals surface area contributed by atoms with Gasteiger partial charge in [0.15, 0.2) is 0 Å². The van der Waals surface area contributed by atoms with Crippen LogP contribution in [0.2, 0.25) is 0 Å². The molecule has 1 saturated heterocycles. The number of aryl methyl sites for hydroxylation is 1. The molecule has 2 amide bonds. The second kappa shape index (κ2) is 8.34. The summed E-state index contributed by atoms with van der Waals surface area (Å²) in [5, 5.41) is 9.00. The van der Waals surface area contributed by atoms with Gasteiger partial charge in [0.25, 0.3) is 0 Å². The molecule has 0 radical (unpaired) electrons. The molecule has 2 aliphatic rings. The lowest BCUT2D eigenvalue weighted by atomic mass is 10.0. The van der Waals surface area contributed by atoms with E-state index in [0.717, 1.165) is 12.1 Å². The van der Waals surface area contributed by atoms with E-state index >= 15 is 0 Å². The Bertz CT molecular complexity index is 664. The second-order valence-corrected chi connectivity index (χ2v) is 6.44. The van der Waals surface area contributed by atoms with Gasteiger partial charge in [-0.1, -0.05) is 18.2 Å². The fourth-order valence-electron chi connectivity index (χ4n) is 3.48. The number of hydrogen-bond acceptors (Lipinski definition) is 3. The molecular formula is C18H23ClN2O4. The first-order chi connectivity index (χ1) is 11.6. The molecule has 1 atom stereocenters. The third-order valence-corrected chi connectivity index (χ3v) is 4.85. The SMILES string of the molecule is Cl.O=C(O)C1CCN(C(=O)CCCN2C(=O)CCc3ccccc32)C1. The topological polar surface area (TPSA) is 77.9 Å². The van der Waals surface area contributed by atoms with Crippen molar-refractivity contribution in [3.8, 4) is 0 Å². The number of anilines is 1. The molecule has 1 aromatic carbocycles. The number of halogens is 1. The van der Waals surface area contributed by atoms with E-state index in [1.807, 2.05) is 24.3 Å². The first kappa shape index (κ1) is 19.2. The maximum Gasteiger partial charge on any atom is 0.308 e. The van der Waals surface area contributed by atoms with Crippen LogP contribution in [0.25, 0.3) is 0 Å². The number of benzene rings is 1. The number of aliphatic carboxylic acids is 1. The van der Waals surface area contributed by atoms with Crippen LogP contribution in [0.5, 0.6) is 0 Å². The van der Waals surface area contributed by atoms with E-state index in [9.17, 15) is 14.4 Å². The number of rotatable bonds is 5. The summed E-state index contributed by atoms with van der Waals surface area (Å²) >= 11 is 0. The minimum atomic E-state index is -0.833. The summed E-state index contributed by atoms with van der Waals surface area (Å²) in [5.74, 6) is -1.19. The molecule has 25 heavy (non-hydrogen) atoms. The highest BCUT2D eigenvalue weighted by Crippen LogP contribution is 2.27. The standard InChI is InChI=1S/C18H22N2O4.ClH/c21-16(19-11-9-14(12-19)18(23)24)6-3-10-20-15-5-2-1-4-13(15)7-8-17(20)22;/h1-2,4-5,14H,3,6-12H2,(H,23,24);1H. The van der Waals surface area contributed by atoms with Crippen molar-refractivity contribution < 1.29 is 19.5 Å². The van der Waals surface area contributed by atoms with Crippen LogP contribution < -0.4 is 4.90 Å². The highest BCUT2D eigenvalue weighted by atomic mass is 35.5. The van der Waals surface area contributed by atoms with E-state index in [0.29, 0.717) is 45.3 Å². The van der Waals surface area contributed by atoms with Crippen molar-refractivity contribution in [2.24, 2.45) is 5.92 Å². The summed E-state index contributed by atoms with van der Waals surface area (Å²) in [7, 11) is 0. The van der Waals surface area contributed by atoms with Crippen molar-refractivity contribution in [1.82, 2.24) is 4.90 Å². The van der Waals surface area contributed by atoms with Crippen LogP contribution in [0.15, 0.2) is 24.3 Å². The second-order valence-electron chi connectivity index (χ2n) is 6.44. The van der Waals surface area contributed by atoms with Crippen molar-refractivity contribution in [1.29, 1.82) is 0 Å². The summed E-state index contributed by atoms with van der Waals surface area (Å²) in [4.78, 5) is 38.7. The Balaban J connectivity index is 0.00000225. The van der Waals surface area contributed by atoms with E-state index in [4.69, 9.17) is 5.11 Å². The number of fused-ring (bicyclic) bond motifs is 1. The number of carbonyl (C=O) groups is 3. The predicted molar refractivity (Wildman–Crippen MR) is 95.9 cm³/mol. The molecule has 136 valence electrons. The van der Waals surface area contributed by atoms with Crippen molar-refractivity contribution in [3.63, 3.8) is 0 Å². The molecule has 0 saturated carbocycles. The number of carbonyl (C=O) groups excluding carboxylic acids is 2. The molecule has 1 unspecified atom stereocenters. The van der Waals surface area contributed by atoms with Crippen molar-refractivity contribution >= 4 is 35.9 Å². The molecule has 1 aromatic rings. The van der Waals surface area contributed by atoms with Crippen LogP contribution in [0.3, 0.4) is 0 Å². The summed E-state index contributed by atoms with van der Waals surface area (Å²) in [6.07, 6.45) is 2.75. The molecule has 1 N–H and O–H groups in total. The number of likely N-dealkylation sites (tertiary alicyclic amines) is 1. The van der Waals surface area contributed by atoms with Crippen LogP contribution in [0.4, 0.5) is 5.69 Å². The number of amides is 2. The van der Waals surface area contributed by atoms with Gasteiger partial charge in [-0.15, -0.1) is 12.4 Å². The van der Waals surface area contributed by atoms with Gasteiger partial charge >= 0.3 is 5.97 Å². The monoisotopic (exact) mass is 366 g/mol. The first-order valence-electron chi connectivity index (χ1n) is 8.45. The fraction of sp³-hybridized carbons (Fsp3) is 0.500. The summed E-state index contributed by atoms with van der Waals surface area (Å²) in [6, 6.07) is 7.89. The van der Waals surface area contributed by atoms with E-state index < -0.39 is 11.9 Å². The number of nitrogens with zero attached hydrogens (tertiary/aromatic N) is 2. The van der Waals surface area contributed by atoms with Gasteiger partial charge in [-0.3, -0.25) is 14.4 Å². The molecule has 3 rings (SSSR count). The fourth-order valence-corrected chi connectivity index (χ4v) is 3.48. The van der Waals surface area contributed by atoms with Gasteiger partial charge in [-0.25, -0.2) is 0 Å². The molecule has 0 aliphatic carbocycles. The van der Waals surface area contributed by atoms with Gasteiger partial charge < -0.3 is 14.9 Å². The van der Waals surface area contributed by atoms with Crippen LogP contribution in [0, 0.1) is 5.92 Å². The predicted octanol–water partition coefficient (Wildman–Crippen LogP) is 2.10. The lowest BCUT2D eigenvalue weighted by Gasteiger charge is -2.29. The zero-order chi connectivity index (χ0) is 17.1. The zero-order valence-electron chi connectivity index (χ0n) is 14.0. The molecule has 0 spiro atoms. The van der Waals surface area contributed by atoms with Gasteiger partial charge in [0.1, 0.15) is 0 Å². The third kappa shape index (κ3) is 4.31. The summed E-state index contributed by atoms with van der Waals surface area (Å²) in [5.41, 5.74) is 2.13. The highest BCUT2D eigenvalue weighted by molar-refractivity contribution is 5.96. The minimum Gasteiger partial charge on any atom is -0.481 e. The van der Waals surface area contributed by atoms with Crippen LogP contribution in [-0.4, -0.2) is 47.4 Å². The number of hydrogen-bond donors (Lipinski definition) is 1. The Kier molecular flexibility index (Phi) is 6.42. The van der Waals surface area contributed by atoms with Gasteiger partial charge in [-0.05, 0) is 30.9 Å². The lowest BCUT2D eigenvalue weighted by molar-refractivity contribution is -0.141. The van der Waals surface area contributed by atoms with Crippen molar-refractivity contribution in [2.75, 3.05) is 24.5 Å². The number of para-hydroxylation sites is 1. The Morgan fingerprint density at radius 3 is 2.68 bits per heavy atom. The minimum absolute atomic E-state index is 0. The quantitative estimate of drug-likeness (QED) is 0.865. The molecular weight excluding hydrogens is 344 g/mol.